The molecule has 0 bridgehead atoms. The summed E-state index contributed by atoms with van der Waals surface area (Å²) in [4.78, 5) is 4.53. The van der Waals surface area contributed by atoms with Gasteiger partial charge in [0.15, 0.2) is 5.65 Å². The first-order valence-corrected chi connectivity index (χ1v) is 7.92. The van der Waals surface area contributed by atoms with Crippen molar-refractivity contribution >= 4 is 11.2 Å². The molecular formula is C17H14F2N6O. The van der Waals surface area contributed by atoms with Crippen LogP contribution in [-0.4, -0.2) is 41.5 Å². The van der Waals surface area contributed by atoms with Crippen molar-refractivity contribution in [1.29, 1.82) is 0 Å². The highest BCUT2D eigenvalue weighted by molar-refractivity contribution is 5.74. The van der Waals surface area contributed by atoms with E-state index in [1.54, 1.807) is 29.2 Å². The fourth-order valence-corrected chi connectivity index (χ4v) is 2.67. The lowest BCUT2D eigenvalue weighted by Gasteiger charge is -2.05. The molecule has 0 spiro atoms. The van der Waals surface area contributed by atoms with Gasteiger partial charge in [0.05, 0.1) is 31.6 Å². The summed E-state index contributed by atoms with van der Waals surface area (Å²) in [6.45, 7) is 0.393. The monoisotopic (exact) mass is 356 g/mol. The van der Waals surface area contributed by atoms with Crippen molar-refractivity contribution in [3.8, 4) is 11.3 Å². The number of halogens is 2. The molecule has 0 radical (unpaired) electrons. The van der Waals surface area contributed by atoms with E-state index in [0.717, 1.165) is 23.8 Å². The number of fused-ring (bicyclic) bond motifs is 1. The van der Waals surface area contributed by atoms with Gasteiger partial charge in [0.25, 0.3) is 0 Å². The molecule has 0 saturated heterocycles. The average molecular weight is 356 g/mol. The molecule has 0 fully saturated rings. The van der Waals surface area contributed by atoms with Crippen LogP contribution in [0.25, 0.3) is 22.4 Å². The maximum absolute atomic E-state index is 13.9. The van der Waals surface area contributed by atoms with Crippen molar-refractivity contribution < 1.29 is 13.9 Å². The lowest BCUT2D eigenvalue weighted by Crippen LogP contribution is -2.05. The van der Waals surface area contributed by atoms with Crippen molar-refractivity contribution in [2.45, 2.75) is 13.1 Å². The van der Waals surface area contributed by atoms with Crippen molar-refractivity contribution in [3.63, 3.8) is 0 Å². The van der Waals surface area contributed by atoms with E-state index in [1.165, 1.54) is 4.68 Å². The SMILES string of the molecule is OCCn1cc(-c2ccc3nnn(Cc4cc(F)ccc4F)c3n2)cn1. The second-order valence-electron chi connectivity index (χ2n) is 5.74. The third-order valence-corrected chi connectivity index (χ3v) is 3.95. The Hall–Kier alpha value is -3.20. The second kappa shape index (κ2) is 6.60. The van der Waals surface area contributed by atoms with Crippen molar-refractivity contribution in [3.05, 3.63) is 59.9 Å². The largest absolute Gasteiger partial charge is 0.394 e. The van der Waals surface area contributed by atoms with E-state index < -0.39 is 11.6 Å². The molecule has 1 N–H and O–H groups in total. The minimum Gasteiger partial charge on any atom is -0.394 e. The molecule has 9 heteroatoms. The van der Waals surface area contributed by atoms with Gasteiger partial charge in [0.2, 0.25) is 0 Å². The highest BCUT2D eigenvalue weighted by Crippen LogP contribution is 2.20. The van der Waals surface area contributed by atoms with E-state index in [1.807, 2.05) is 0 Å². The minimum absolute atomic E-state index is 0.0104. The molecule has 0 atom stereocenters. The van der Waals surface area contributed by atoms with Gasteiger partial charge in [-0.2, -0.15) is 5.10 Å². The molecule has 0 aliphatic heterocycles. The van der Waals surface area contributed by atoms with Crippen LogP contribution in [0.15, 0.2) is 42.7 Å². The summed E-state index contributed by atoms with van der Waals surface area (Å²) in [5.74, 6) is -1.03. The van der Waals surface area contributed by atoms with E-state index in [2.05, 4.69) is 20.4 Å². The van der Waals surface area contributed by atoms with Gasteiger partial charge in [0, 0.05) is 17.3 Å². The Morgan fingerprint density at radius 2 is 2.00 bits per heavy atom. The van der Waals surface area contributed by atoms with Gasteiger partial charge in [-0.1, -0.05) is 5.21 Å². The molecular weight excluding hydrogens is 342 g/mol. The molecule has 4 aromatic rings. The summed E-state index contributed by atoms with van der Waals surface area (Å²) < 4.78 is 30.3. The van der Waals surface area contributed by atoms with Crippen LogP contribution < -0.4 is 0 Å². The average Bonchev–Trinajstić information content (AvgIpc) is 3.25. The normalized spacial score (nSPS) is 11.3. The predicted molar refractivity (Wildman–Crippen MR) is 89.1 cm³/mol. The molecule has 3 heterocycles. The number of nitrogens with zero attached hydrogens (tertiary/aromatic N) is 6. The molecule has 26 heavy (non-hydrogen) atoms. The maximum Gasteiger partial charge on any atom is 0.179 e. The molecule has 132 valence electrons. The Balaban J connectivity index is 1.71. The first-order valence-electron chi connectivity index (χ1n) is 7.92. The van der Waals surface area contributed by atoms with Crippen molar-refractivity contribution in [2.24, 2.45) is 0 Å². The molecule has 0 aliphatic rings. The summed E-state index contributed by atoms with van der Waals surface area (Å²) in [5.41, 5.74) is 2.59. The Kier molecular flexibility index (Phi) is 4.13. The van der Waals surface area contributed by atoms with Crippen molar-refractivity contribution in [1.82, 2.24) is 29.8 Å². The fourth-order valence-electron chi connectivity index (χ4n) is 2.67. The number of aromatic nitrogens is 6. The number of pyridine rings is 1. The number of hydrogen-bond acceptors (Lipinski definition) is 5. The number of aliphatic hydroxyl groups excluding tert-OH is 1. The van der Waals surface area contributed by atoms with E-state index in [9.17, 15) is 8.78 Å². The molecule has 1 aromatic carbocycles. The summed E-state index contributed by atoms with van der Waals surface area (Å²) in [6, 6.07) is 6.82. The number of benzene rings is 1. The van der Waals surface area contributed by atoms with Crippen LogP contribution in [0.5, 0.6) is 0 Å². The molecule has 0 saturated carbocycles. The van der Waals surface area contributed by atoms with Crippen LogP contribution >= 0.6 is 0 Å². The third-order valence-electron chi connectivity index (χ3n) is 3.95. The zero-order valence-corrected chi connectivity index (χ0v) is 13.5. The Morgan fingerprint density at radius 1 is 1.12 bits per heavy atom. The first-order chi connectivity index (χ1) is 12.6. The molecule has 0 unspecified atom stereocenters. The zero-order valence-electron chi connectivity index (χ0n) is 13.5. The van der Waals surface area contributed by atoms with E-state index in [4.69, 9.17) is 5.11 Å². The van der Waals surface area contributed by atoms with E-state index in [-0.39, 0.29) is 18.7 Å². The minimum atomic E-state index is -0.518. The number of rotatable bonds is 5. The topological polar surface area (TPSA) is 81.6 Å². The summed E-state index contributed by atoms with van der Waals surface area (Å²) >= 11 is 0. The number of hydrogen-bond donors (Lipinski definition) is 1. The smallest absolute Gasteiger partial charge is 0.179 e. The molecule has 7 nitrogen and oxygen atoms in total. The van der Waals surface area contributed by atoms with Gasteiger partial charge in [-0.25, -0.2) is 18.4 Å². The lowest BCUT2D eigenvalue weighted by atomic mass is 10.2. The highest BCUT2D eigenvalue weighted by Gasteiger charge is 2.12. The van der Waals surface area contributed by atoms with Crippen molar-refractivity contribution in [2.75, 3.05) is 6.61 Å². The Morgan fingerprint density at radius 3 is 2.85 bits per heavy atom. The quantitative estimate of drug-likeness (QED) is 0.592. The standard InChI is InChI=1S/C17H14F2N6O/c18-13-1-2-14(19)11(7-13)10-25-17-16(22-23-25)4-3-15(21-17)12-8-20-24(9-12)5-6-26/h1-4,7-9,26H,5-6,10H2. The first kappa shape index (κ1) is 16.3. The Labute approximate surface area is 146 Å². The highest BCUT2D eigenvalue weighted by atomic mass is 19.1. The van der Waals surface area contributed by atoms with E-state index in [0.29, 0.717) is 23.4 Å². The van der Waals surface area contributed by atoms with Crippen LogP contribution in [0.2, 0.25) is 0 Å². The van der Waals surface area contributed by atoms with Gasteiger partial charge in [-0.3, -0.25) is 4.68 Å². The summed E-state index contributed by atoms with van der Waals surface area (Å²) in [7, 11) is 0. The van der Waals surface area contributed by atoms with Gasteiger partial charge in [0.1, 0.15) is 17.2 Å². The molecule has 3 aromatic heterocycles. The van der Waals surface area contributed by atoms with E-state index >= 15 is 0 Å². The lowest BCUT2D eigenvalue weighted by molar-refractivity contribution is 0.269. The van der Waals surface area contributed by atoms with Gasteiger partial charge in [-0.05, 0) is 30.3 Å². The third kappa shape index (κ3) is 3.04. The molecule has 0 amide bonds. The number of aliphatic hydroxyl groups is 1. The second-order valence-corrected chi connectivity index (χ2v) is 5.74. The van der Waals surface area contributed by atoms with Crippen LogP contribution in [0, 0.1) is 11.6 Å². The van der Waals surface area contributed by atoms with Crippen LogP contribution in [0.4, 0.5) is 8.78 Å². The molecule has 4 rings (SSSR count). The fraction of sp³-hybridized carbons (Fsp3) is 0.176. The van der Waals surface area contributed by atoms with Gasteiger partial charge in [-0.15, -0.1) is 5.10 Å². The molecule has 0 aliphatic carbocycles. The van der Waals surface area contributed by atoms with Gasteiger partial charge < -0.3 is 5.11 Å². The van der Waals surface area contributed by atoms with Crippen LogP contribution in [0.3, 0.4) is 0 Å². The maximum atomic E-state index is 13.9. The van der Waals surface area contributed by atoms with Crippen LogP contribution in [-0.2, 0) is 13.1 Å². The predicted octanol–water partition coefficient (Wildman–Crippen LogP) is 2.01. The summed E-state index contributed by atoms with van der Waals surface area (Å²) in [6.07, 6.45) is 3.41. The van der Waals surface area contributed by atoms with Crippen LogP contribution in [0.1, 0.15) is 5.56 Å². The summed E-state index contributed by atoms with van der Waals surface area (Å²) in [5, 5.41) is 21.1. The zero-order chi connectivity index (χ0) is 18.1. The Bertz CT molecular complexity index is 1070. The van der Waals surface area contributed by atoms with Gasteiger partial charge >= 0.3 is 0 Å².